The van der Waals surface area contributed by atoms with Crippen LogP contribution < -0.4 is 5.32 Å². The van der Waals surface area contributed by atoms with Gasteiger partial charge in [0.25, 0.3) is 5.91 Å². The highest BCUT2D eigenvalue weighted by atomic mass is 35.5. The Balaban J connectivity index is 1.44. The smallest absolute Gasteiger partial charge is 0.273 e. The maximum atomic E-state index is 12.7. The van der Waals surface area contributed by atoms with E-state index in [1.807, 2.05) is 30.3 Å². The fraction of sp³-hybridized carbons (Fsp3) is 0.273. The molecule has 0 radical (unpaired) electrons. The molecule has 0 spiro atoms. The van der Waals surface area contributed by atoms with Crippen molar-refractivity contribution < 1.29 is 14.1 Å². The number of aromatic nitrogens is 1. The van der Waals surface area contributed by atoms with E-state index in [1.54, 1.807) is 18.2 Å². The molecule has 1 fully saturated rings. The molecule has 3 aromatic rings. The molecule has 0 unspecified atom stereocenters. The number of hydrogen-bond acceptors (Lipinski definition) is 5. The number of ether oxygens (including phenoxy) is 1. The van der Waals surface area contributed by atoms with Gasteiger partial charge in [0.05, 0.1) is 19.3 Å². The highest BCUT2D eigenvalue weighted by molar-refractivity contribution is 6.30. The SMILES string of the molecule is O=C(NC[C@H](c1ccccc1)N1CCOCC1)c1cc(-c2ccc(Cl)cc2)on1. The first kappa shape index (κ1) is 19.6. The molecule has 1 aromatic heterocycles. The first-order chi connectivity index (χ1) is 14.2. The molecule has 1 N–H and O–H groups in total. The van der Waals surface area contributed by atoms with Crippen molar-refractivity contribution in [3.8, 4) is 11.3 Å². The van der Waals surface area contributed by atoms with Crippen LogP contribution in [0.4, 0.5) is 0 Å². The van der Waals surface area contributed by atoms with E-state index in [0.29, 0.717) is 30.5 Å². The van der Waals surface area contributed by atoms with E-state index in [2.05, 4.69) is 27.5 Å². The Kier molecular flexibility index (Phi) is 6.24. The third-order valence-electron chi connectivity index (χ3n) is 5.00. The first-order valence-electron chi connectivity index (χ1n) is 9.58. The summed E-state index contributed by atoms with van der Waals surface area (Å²) in [5, 5.41) is 7.57. The predicted octanol–water partition coefficient (Wildman–Crippen LogP) is 3.80. The zero-order chi connectivity index (χ0) is 20.1. The van der Waals surface area contributed by atoms with Crippen molar-refractivity contribution in [3.63, 3.8) is 0 Å². The van der Waals surface area contributed by atoms with Gasteiger partial charge in [-0.25, -0.2) is 0 Å². The number of amides is 1. The molecule has 1 aliphatic rings. The van der Waals surface area contributed by atoms with Crippen LogP contribution in [0.25, 0.3) is 11.3 Å². The minimum Gasteiger partial charge on any atom is -0.379 e. The monoisotopic (exact) mass is 411 g/mol. The van der Waals surface area contributed by atoms with Crippen molar-refractivity contribution in [2.45, 2.75) is 6.04 Å². The van der Waals surface area contributed by atoms with Gasteiger partial charge < -0.3 is 14.6 Å². The van der Waals surface area contributed by atoms with E-state index in [9.17, 15) is 4.79 Å². The van der Waals surface area contributed by atoms with Crippen LogP contribution in [0.5, 0.6) is 0 Å². The van der Waals surface area contributed by atoms with Crippen LogP contribution >= 0.6 is 11.6 Å². The van der Waals surface area contributed by atoms with Gasteiger partial charge in [-0.05, 0) is 29.8 Å². The van der Waals surface area contributed by atoms with Gasteiger partial charge in [-0.3, -0.25) is 9.69 Å². The van der Waals surface area contributed by atoms with Gasteiger partial charge in [-0.15, -0.1) is 0 Å². The van der Waals surface area contributed by atoms with Gasteiger partial charge >= 0.3 is 0 Å². The van der Waals surface area contributed by atoms with Crippen molar-refractivity contribution >= 4 is 17.5 Å². The standard InChI is InChI=1S/C22H22ClN3O3/c23-18-8-6-17(7-9-18)21-14-19(25-29-21)22(27)24-15-20(16-4-2-1-3-5-16)26-10-12-28-13-11-26/h1-9,14,20H,10-13,15H2,(H,24,27)/t20-/m1/s1. The summed E-state index contributed by atoms with van der Waals surface area (Å²) in [6, 6.07) is 19.1. The van der Waals surface area contributed by atoms with Crippen molar-refractivity contribution in [1.82, 2.24) is 15.4 Å². The summed E-state index contributed by atoms with van der Waals surface area (Å²) >= 11 is 5.92. The number of nitrogens with zero attached hydrogens (tertiary/aromatic N) is 2. The molecule has 1 amide bonds. The molecule has 1 atom stereocenters. The molecule has 0 aliphatic carbocycles. The molecular weight excluding hydrogens is 390 g/mol. The van der Waals surface area contributed by atoms with Gasteiger partial charge in [0.2, 0.25) is 0 Å². The van der Waals surface area contributed by atoms with E-state index < -0.39 is 0 Å². The Morgan fingerprint density at radius 3 is 2.55 bits per heavy atom. The lowest BCUT2D eigenvalue weighted by molar-refractivity contribution is 0.0162. The van der Waals surface area contributed by atoms with E-state index in [-0.39, 0.29) is 17.6 Å². The first-order valence-corrected chi connectivity index (χ1v) is 9.96. The number of carbonyl (C=O) groups excluding carboxylic acids is 1. The third-order valence-corrected chi connectivity index (χ3v) is 5.25. The van der Waals surface area contributed by atoms with Gasteiger partial charge in [-0.2, -0.15) is 0 Å². The molecular formula is C22H22ClN3O3. The van der Waals surface area contributed by atoms with Crippen LogP contribution in [0.2, 0.25) is 5.02 Å². The second-order valence-electron chi connectivity index (χ2n) is 6.87. The van der Waals surface area contributed by atoms with Crippen LogP contribution in [0, 0.1) is 0 Å². The molecule has 6 nitrogen and oxygen atoms in total. The summed E-state index contributed by atoms with van der Waals surface area (Å²) in [4.78, 5) is 15.0. The number of morpholine rings is 1. The van der Waals surface area contributed by atoms with E-state index in [1.165, 1.54) is 0 Å². The van der Waals surface area contributed by atoms with Crippen molar-refractivity contribution in [2.75, 3.05) is 32.8 Å². The van der Waals surface area contributed by atoms with Crippen LogP contribution in [0.15, 0.2) is 65.2 Å². The summed E-state index contributed by atoms with van der Waals surface area (Å²) in [5.74, 6) is 0.266. The summed E-state index contributed by atoms with van der Waals surface area (Å²) < 4.78 is 10.8. The maximum Gasteiger partial charge on any atom is 0.273 e. The highest BCUT2D eigenvalue weighted by Gasteiger charge is 2.24. The summed E-state index contributed by atoms with van der Waals surface area (Å²) in [6.07, 6.45) is 0. The predicted molar refractivity (Wildman–Crippen MR) is 111 cm³/mol. The summed E-state index contributed by atoms with van der Waals surface area (Å²) in [6.45, 7) is 3.54. The van der Waals surface area contributed by atoms with E-state index in [0.717, 1.165) is 24.2 Å². The highest BCUT2D eigenvalue weighted by Crippen LogP contribution is 2.23. The Bertz CT molecular complexity index is 937. The molecule has 2 aromatic carbocycles. The molecule has 2 heterocycles. The lowest BCUT2D eigenvalue weighted by Crippen LogP contribution is -2.43. The van der Waals surface area contributed by atoms with Crippen LogP contribution in [-0.2, 0) is 4.74 Å². The number of carbonyl (C=O) groups is 1. The average molecular weight is 412 g/mol. The third kappa shape index (κ3) is 4.85. The quantitative estimate of drug-likeness (QED) is 0.668. The topological polar surface area (TPSA) is 67.6 Å². The van der Waals surface area contributed by atoms with Gasteiger partial charge in [-0.1, -0.05) is 47.1 Å². The fourth-order valence-corrected chi connectivity index (χ4v) is 3.56. The van der Waals surface area contributed by atoms with Crippen molar-refractivity contribution in [3.05, 3.63) is 76.9 Å². The van der Waals surface area contributed by atoms with Gasteiger partial charge in [0.1, 0.15) is 0 Å². The normalized spacial score (nSPS) is 15.8. The minimum absolute atomic E-state index is 0.0756. The maximum absolute atomic E-state index is 12.7. The second kappa shape index (κ2) is 9.22. The average Bonchev–Trinajstić information content (AvgIpc) is 3.26. The second-order valence-corrected chi connectivity index (χ2v) is 7.30. The molecule has 4 rings (SSSR count). The number of halogens is 1. The van der Waals surface area contributed by atoms with E-state index >= 15 is 0 Å². The molecule has 1 aliphatic heterocycles. The van der Waals surface area contributed by atoms with Crippen molar-refractivity contribution in [1.29, 1.82) is 0 Å². The molecule has 0 bridgehead atoms. The molecule has 1 saturated heterocycles. The summed E-state index contributed by atoms with van der Waals surface area (Å²) in [7, 11) is 0. The van der Waals surface area contributed by atoms with E-state index in [4.69, 9.17) is 20.9 Å². The number of rotatable bonds is 6. The lowest BCUT2D eigenvalue weighted by atomic mass is 10.0. The zero-order valence-corrected chi connectivity index (χ0v) is 16.6. The molecule has 150 valence electrons. The number of benzene rings is 2. The molecule has 29 heavy (non-hydrogen) atoms. The number of nitrogens with one attached hydrogen (secondary N) is 1. The Morgan fingerprint density at radius 2 is 1.83 bits per heavy atom. The van der Waals surface area contributed by atoms with Gasteiger partial charge in [0.15, 0.2) is 11.5 Å². The molecule has 0 saturated carbocycles. The fourth-order valence-electron chi connectivity index (χ4n) is 3.43. The van der Waals surface area contributed by atoms with Crippen LogP contribution in [-0.4, -0.2) is 48.8 Å². The van der Waals surface area contributed by atoms with Crippen LogP contribution in [0.1, 0.15) is 22.1 Å². The summed E-state index contributed by atoms with van der Waals surface area (Å²) in [5.41, 5.74) is 2.23. The molecule has 7 heteroatoms. The number of hydrogen-bond donors (Lipinski definition) is 1. The van der Waals surface area contributed by atoms with Gasteiger partial charge in [0, 0.05) is 36.3 Å². The minimum atomic E-state index is -0.261. The zero-order valence-electron chi connectivity index (χ0n) is 15.9. The van der Waals surface area contributed by atoms with Crippen molar-refractivity contribution in [2.24, 2.45) is 0 Å². The lowest BCUT2D eigenvalue weighted by Gasteiger charge is -2.34. The Morgan fingerprint density at radius 1 is 1.10 bits per heavy atom. The Labute approximate surface area is 174 Å². The largest absolute Gasteiger partial charge is 0.379 e. The van der Waals surface area contributed by atoms with Crippen LogP contribution in [0.3, 0.4) is 0 Å². The Hall–Kier alpha value is -2.67.